The molecule has 10 heteroatoms. The largest absolute Gasteiger partial charge is 0.406 e. The molecule has 6 nitrogen and oxygen atoms in total. The number of carbonyl (C=O) groups is 1. The van der Waals surface area contributed by atoms with Gasteiger partial charge in [-0.15, -0.1) is 0 Å². The van der Waals surface area contributed by atoms with Gasteiger partial charge in [-0.3, -0.25) is 9.69 Å². The number of hydrogen-bond acceptors (Lipinski definition) is 5. The first-order valence-electron chi connectivity index (χ1n) is 10.0. The molecule has 0 fully saturated rings. The Hall–Kier alpha value is -2.64. The molecule has 0 heterocycles. The molecule has 0 unspecified atom stereocenters. The van der Waals surface area contributed by atoms with E-state index in [9.17, 15) is 31.6 Å². The number of alkyl halides is 3. The molecular weight excluding hydrogens is 443 g/mol. The quantitative estimate of drug-likeness (QED) is 0.442. The van der Waals surface area contributed by atoms with E-state index in [2.05, 4.69) is 0 Å². The van der Waals surface area contributed by atoms with Crippen LogP contribution in [0.15, 0.2) is 54.6 Å². The average molecular weight is 470 g/mol. The molecule has 1 amide bonds. The SMILES string of the molecule is CCC[C@@H](C(N)=O)N(CC#N)[C@H](C(F)(F)F)C1(S(C)(=O)=O)C=CC(c2ccccc2)C=C1. The number of hydrogen-bond donors (Lipinski definition) is 1. The first-order valence-corrected chi connectivity index (χ1v) is 11.9. The topological polar surface area (TPSA) is 104 Å². The highest BCUT2D eigenvalue weighted by atomic mass is 32.2. The molecule has 1 aromatic carbocycles. The van der Waals surface area contributed by atoms with Crippen molar-refractivity contribution in [3.05, 3.63) is 60.2 Å². The van der Waals surface area contributed by atoms with Crippen LogP contribution in [0.3, 0.4) is 0 Å². The van der Waals surface area contributed by atoms with E-state index in [0.717, 1.165) is 17.7 Å². The number of allylic oxidation sites excluding steroid dienone is 2. The third kappa shape index (κ3) is 5.22. The number of nitrogens with two attached hydrogens (primary N) is 1. The van der Waals surface area contributed by atoms with Crippen LogP contribution >= 0.6 is 0 Å². The van der Waals surface area contributed by atoms with Crippen molar-refractivity contribution < 1.29 is 26.4 Å². The molecule has 0 radical (unpaired) electrons. The van der Waals surface area contributed by atoms with E-state index >= 15 is 0 Å². The standard InChI is InChI=1S/C22H26F3N3O3S/c1-3-7-18(19(27)29)28(15-14-26)20(22(23,24)25)21(32(2,30)31)12-10-17(11-13-21)16-8-5-4-6-9-16/h4-6,8-13,17-18,20H,3,7,15H2,1-2H3,(H2,27,29)/t17?,18-,20-,21?/m0/s1. The number of halogens is 3. The molecule has 0 saturated carbocycles. The second-order valence-corrected chi connectivity index (χ2v) is 10.0. The van der Waals surface area contributed by atoms with Crippen molar-refractivity contribution >= 4 is 15.7 Å². The maximum absolute atomic E-state index is 14.5. The van der Waals surface area contributed by atoms with Gasteiger partial charge in [0.1, 0.15) is 10.8 Å². The van der Waals surface area contributed by atoms with Crippen molar-refractivity contribution in [3.8, 4) is 6.07 Å². The Kier molecular flexibility index (Phi) is 7.91. The van der Waals surface area contributed by atoms with Gasteiger partial charge in [-0.2, -0.15) is 18.4 Å². The van der Waals surface area contributed by atoms with Crippen LogP contribution in [0, 0.1) is 11.3 Å². The number of nitriles is 1. The second kappa shape index (κ2) is 9.88. The molecule has 2 rings (SSSR count). The zero-order chi connectivity index (χ0) is 24.2. The number of benzene rings is 1. The minimum atomic E-state index is -5.09. The molecule has 2 atom stereocenters. The summed E-state index contributed by atoms with van der Waals surface area (Å²) in [5.74, 6) is -1.47. The molecule has 1 aliphatic rings. The van der Waals surface area contributed by atoms with Gasteiger partial charge in [0.15, 0.2) is 9.84 Å². The number of nitrogens with zero attached hydrogens (tertiary/aromatic N) is 2. The minimum absolute atomic E-state index is 0.0521. The Labute approximate surface area is 186 Å². The molecule has 174 valence electrons. The van der Waals surface area contributed by atoms with Gasteiger partial charge in [-0.25, -0.2) is 8.42 Å². The summed E-state index contributed by atoms with van der Waals surface area (Å²) < 4.78 is 66.7. The van der Waals surface area contributed by atoms with Crippen LogP contribution in [-0.2, 0) is 14.6 Å². The lowest BCUT2D eigenvalue weighted by molar-refractivity contribution is -0.192. The maximum atomic E-state index is 14.5. The lowest BCUT2D eigenvalue weighted by Gasteiger charge is -2.45. The summed E-state index contributed by atoms with van der Waals surface area (Å²) in [6.07, 6.45) is 0.733. The van der Waals surface area contributed by atoms with Crippen LogP contribution in [0.5, 0.6) is 0 Å². The van der Waals surface area contributed by atoms with Gasteiger partial charge >= 0.3 is 6.18 Å². The number of sulfone groups is 1. The van der Waals surface area contributed by atoms with Crippen molar-refractivity contribution in [1.29, 1.82) is 5.26 Å². The number of primary amides is 1. The van der Waals surface area contributed by atoms with Gasteiger partial charge in [0.05, 0.1) is 18.7 Å². The second-order valence-electron chi connectivity index (χ2n) is 7.76. The van der Waals surface area contributed by atoms with Crippen molar-refractivity contribution in [2.75, 3.05) is 12.8 Å². The van der Waals surface area contributed by atoms with Gasteiger partial charge in [-0.1, -0.05) is 68.0 Å². The third-order valence-corrected chi connectivity index (χ3v) is 7.35. The summed E-state index contributed by atoms with van der Waals surface area (Å²) in [5.41, 5.74) is 6.15. The Morgan fingerprint density at radius 2 is 1.81 bits per heavy atom. The highest BCUT2D eigenvalue weighted by Crippen LogP contribution is 2.43. The van der Waals surface area contributed by atoms with Crippen molar-refractivity contribution in [1.82, 2.24) is 4.90 Å². The van der Waals surface area contributed by atoms with Crippen molar-refractivity contribution in [2.45, 2.75) is 48.7 Å². The Morgan fingerprint density at radius 3 is 2.22 bits per heavy atom. The highest BCUT2D eigenvalue weighted by Gasteiger charge is 2.61. The predicted octanol–water partition coefficient (Wildman–Crippen LogP) is 3.09. The van der Waals surface area contributed by atoms with Gasteiger partial charge in [0.2, 0.25) is 5.91 Å². The fourth-order valence-corrected chi connectivity index (χ4v) is 5.39. The normalized spacial score (nSPS) is 23.0. The maximum Gasteiger partial charge on any atom is 0.406 e. The van der Waals surface area contributed by atoms with Gasteiger partial charge in [-0.05, 0) is 12.0 Å². The number of amides is 1. The Bertz CT molecular complexity index is 1000. The van der Waals surface area contributed by atoms with E-state index in [1.807, 2.05) is 0 Å². The molecule has 0 spiro atoms. The van der Waals surface area contributed by atoms with Crippen LogP contribution in [0.25, 0.3) is 0 Å². The summed E-state index contributed by atoms with van der Waals surface area (Å²) in [6.45, 7) is 0.832. The molecule has 1 aliphatic carbocycles. The fraction of sp³-hybridized carbons (Fsp3) is 0.455. The predicted molar refractivity (Wildman–Crippen MR) is 115 cm³/mol. The van der Waals surface area contributed by atoms with E-state index in [1.165, 1.54) is 12.2 Å². The number of carbonyl (C=O) groups excluding carboxylic acids is 1. The van der Waals surface area contributed by atoms with Gasteiger partial charge in [0.25, 0.3) is 0 Å². The smallest absolute Gasteiger partial charge is 0.368 e. The zero-order valence-corrected chi connectivity index (χ0v) is 18.6. The van der Waals surface area contributed by atoms with Gasteiger partial charge in [0, 0.05) is 12.2 Å². The van der Waals surface area contributed by atoms with E-state index in [0.29, 0.717) is 17.6 Å². The summed E-state index contributed by atoms with van der Waals surface area (Å²) in [5, 5.41) is 9.23. The molecule has 32 heavy (non-hydrogen) atoms. The van der Waals surface area contributed by atoms with Crippen LogP contribution in [0.2, 0.25) is 0 Å². The average Bonchev–Trinajstić information content (AvgIpc) is 2.71. The van der Waals surface area contributed by atoms with E-state index in [1.54, 1.807) is 43.3 Å². The Morgan fingerprint density at radius 1 is 1.25 bits per heavy atom. The molecule has 0 aliphatic heterocycles. The Balaban J connectivity index is 2.70. The fourth-order valence-electron chi connectivity index (χ4n) is 4.07. The lowest BCUT2D eigenvalue weighted by atomic mass is 9.85. The first kappa shape index (κ1) is 25.6. The minimum Gasteiger partial charge on any atom is -0.368 e. The molecule has 1 aromatic rings. The summed E-state index contributed by atoms with van der Waals surface area (Å²) in [4.78, 5) is 12.6. The molecule has 0 aromatic heterocycles. The van der Waals surface area contributed by atoms with E-state index in [4.69, 9.17) is 5.73 Å². The molecule has 0 bridgehead atoms. The van der Waals surface area contributed by atoms with Crippen LogP contribution in [0.4, 0.5) is 13.2 Å². The van der Waals surface area contributed by atoms with Crippen molar-refractivity contribution in [3.63, 3.8) is 0 Å². The summed E-state index contributed by atoms with van der Waals surface area (Å²) in [6, 6.07) is 6.37. The third-order valence-electron chi connectivity index (χ3n) is 5.57. The summed E-state index contributed by atoms with van der Waals surface area (Å²) in [7, 11) is -4.41. The van der Waals surface area contributed by atoms with E-state index in [-0.39, 0.29) is 6.42 Å². The zero-order valence-electron chi connectivity index (χ0n) is 17.8. The molecule has 0 saturated heterocycles. The van der Waals surface area contributed by atoms with Crippen LogP contribution < -0.4 is 5.73 Å². The number of rotatable bonds is 9. The monoisotopic (exact) mass is 469 g/mol. The first-order chi connectivity index (χ1) is 14.9. The van der Waals surface area contributed by atoms with Crippen LogP contribution in [0.1, 0.15) is 31.2 Å². The molecular formula is C22H26F3N3O3S. The van der Waals surface area contributed by atoms with Crippen LogP contribution in [-0.4, -0.2) is 55.0 Å². The van der Waals surface area contributed by atoms with Crippen molar-refractivity contribution in [2.24, 2.45) is 5.73 Å². The molecule has 2 N–H and O–H groups in total. The summed E-state index contributed by atoms with van der Waals surface area (Å²) >= 11 is 0. The van der Waals surface area contributed by atoms with E-state index < -0.39 is 51.2 Å². The van der Waals surface area contributed by atoms with Gasteiger partial charge < -0.3 is 5.73 Å². The lowest BCUT2D eigenvalue weighted by Crippen LogP contribution is -2.66. The highest BCUT2D eigenvalue weighted by molar-refractivity contribution is 7.92.